The van der Waals surface area contributed by atoms with Crippen molar-refractivity contribution in [2.75, 3.05) is 0 Å². The standard InChI is InChI=1S/C17H24F3N/c1-2-3-12-6-9-16(21)14(10-12)11-13-4-7-15(8-5-13)17(18,19)20/h4-5,7-8,12,14,16H,2-3,6,9-11,21H2,1H3. The number of benzene rings is 1. The van der Waals surface area contributed by atoms with Crippen LogP contribution in [0, 0.1) is 11.8 Å². The Morgan fingerprint density at radius 1 is 1.14 bits per heavy atom. The largest absolute Gasteiger partial charge is 0.416 e. The van der Waals surface area contributed by atoms with E-state index in [1.165, 1.54) is 31.4 Å². The Morgan fingerprint density at radius 2 is 1.81 bits per heavy atom. The highest BCUT2D eigenvalue weighted by molar-refractivity contribution is 5.25. The van der Waals surface area contributed by atoms with Crippen molar-refractivity contribution in [1.82, 2.24) is 0 Å². The summed E-state index contributed by atoms with van der Waals surface area (Å²) in [4.78, 5) is 0. The summed E-state index contributed by atoms with van der Waals surface area (Å²) in [5.41, 5.74) is 6.58. The molecule has 1 fully saturated rings. The van der Waals surface area contributed by atoms with E-state index in [-0.39, 0.29) is 6.04 Å². The molecule has 0 spiro atoms. The zero-order chi connectivity index (χ0) is 15.5. The van der Waals surface area contributed by atoms with Gasteiger partial charge in [-0.3, -0.25) is 0 Å². The Balaban J connectivity index is 1.99. The van der Waals surface area contributed by atoms with E-state index in [1.54, 1.807) is 12.1 Å². The molecule has 0 radical (unpaired) electrons. The molecular weight excluding hydrogens is 275 g/mol. The van der Waals surface area contributed by atoms with Crippen molar-refractivity contribution in [1.29, 1.82) is 0 Å². The summed E-state index contributed by atoms with van der Waals surface area (Å²) >= 11 is 0. The first-order chi connectivity index (χ1) is 9.90. The van der Waals surface area contributed by atoms with Crippen LogP contribution in [0.1, 0.15) is 50.2 Å². The lowest BCUT2D eigenvalue weighted by Crippen LogP contribution is -2.37. The third kappa shape index (κ3) is 4.47. The van der Waals surface area contributed by atoms with Crippen molar-refractivity contribution >= 4 is 0 Å². The molecule has 21 heavy (non-hydrogen) atoms. The average molecular weight is 299 g/mol. The van der Waals surface area contributed by atoms with Crippen molar-refractivity contribution in [2.24, 2.45) is 17.6 Å². The summed E-state index contributed by atoms with van der Waals surface area (Å²) in [6.07, 6.45) is 2.29. The summed E-state index contributed by atoms with van der Waals surface area (Å²) in [5.74, 6) is 1.13. The fourth-order valence-corrected chi connectivity index (χ4v) is 3.42. The Kier molecular flexibility index (Phi) is 5.31. The number of hydrogen-bond acceptors (Lipinski definition) is 1. The van der Waals surface area contributed by atoms with Crippen LogP contribution in [0.3, 0.4) is 0 Å². The minimum atomic E-state index is -4.26. The average Bonchev–Trinajstić information content (AvgIpc) is 2.42. The minimum absolute atomic E-state index is 0.181. The zero-order valence-corrected chi connectivity index (χ0v) is 12.5. The maximum atomic E-state index is 12.6. The van der Waals surface area contributed by atoms with Crippen LogP contribution in [0.25, 0.3) is 0 Å². The van der Waals surface area contributed by atoms with Gasteiger partial charge in [-0.05, 0) is 55.2 Å². The molecule has 2 N–H and O–H groups in total. The Labute approximate surface area is 124 Å². The lowest BCUT2D eigenvalue weighted by molar-refractivity contribution is -0.137. The quantitative estimate of drug-likeness (QED) is 0.849. The van der Waals surface area contributed by atoms with E-state index in [4.69, 9.17) is 5.73 Å². The monoisotopic (exact) mass is 299 g/mol. The molecule has 0 heterocycles. The van der Waals surface area contributed by atoms with Gasteiger partial charge >= 0.3 is 6.18 Å². The van der Waals surface area contributed by atoms with Crippen molar-refractivity contribution in [3.8, 4) is 0 Å². The highest BCUT2D eigenvalue weighted by Gasteiger charge is 2.31. The fourth-order valence-electron chi connectivity index (χ4n) is 3.42. The predicted octanol–water partition coefficient (Wildman–Crippen LogP) is 4.79. The molecule has 0 aliphatic heterocycles. The molecule has 1 nitrogen and oxygen atoms in total. The van der Waals surface area contributed by atoms with E-state index in [1.807, 2.05) is 0 Å². The maximum Gasteiger partial charge on any atom is 0.416 e. The van der Waals surface area contributed by atoms with Crippen LogP contribution in [0.2, 0.25) is 0 Å². The smallest absolute Gasteiger partial charge is 0.327 e. The molecule has 3 unspecified atom stereocenters. The van der Waals surface area contributed by atoms with Crippen LogP contribution in [0.5, 0.6) is 0 Å². The number of hydrogen-bond donors (Lipinski definition) is 1. The SMILES string of the molecule is CCCC1CCC(N)C(Cc2ccc(C(F)(F)F)cc2)C1. The summed E-state index contributed by atoms with van der Waals surface area (Å²) in [6, 6.07) is 5.72. The third-order valence-electron chi connectivity index (χ3n) is 4.63. The van der Waals surface area contributed by atoms with Crippen molar-refractivity contribution in [3.05, 3.63) is 35.4 Å². The first kappa shape index (κ1) is 16.3. The van der Waals surface area contributed by atoms with Crippen molar-refractivity contribution in [3.63, 3.8) is 0 Å². The molecule has 0 aromatic heterocycles. The highest BCUT2D eigenvalue weighted by Crippen LogP contribution is 2.34. The van der Waals surface area contributed by atoms with E-state index in [2.05, 4.69) is 6.92 Å². The van der Waals surface area contributed by atoms with Crippen molar-refractivity contribution in [2.45, 2.75) is 57.7 Å². The second kappa shape index (κ2) is 6.82. The van der Waals surface area contributed by atoms with E-state index >= 15 is 0 Å². The second-order valence-corrected chi connectivity index (χ2v) is 6.29. The summed E-state index contributed by atoms with van der Waals surface area (Å²) in [6.45, 7) is 2.19. The van der Waals surface area contributed by atoms with Gasteiger partial charge in [0.15, 0.2) is 0 Å². The van der Waals surface area contributed by atoms with Gasteiger partial charge in [0, 0.05) is 6.04 Å². The van der Waals surface area contributed by atoms with Crippen LogP contribution in [0.15, 0.2) is 24.3 Å². The normalized spacial score (nSPS) is 26.8. The number of alkyl halides is 3. The molecule has 1 aliphatic rings. The van der Waals surface area contributed by atoms with Gasteiger partial charge in [-0.25, -0.2) is 0 Å². The highest BCUT2D eigenvalue weighted by atomic mass is 19.4. The Hall–Kier alpha value is -1.03. The van der Waals surface area contributed by atoms with Gasteiger partial charge in [0.25, 0.3) is 0 Å². The molecular formula is C17H24F3N. The topological polar surface area (TPSA) is 26.0 Å². The van der Waals surface area contributed by atoms with Crippen molar-refractivity contribution < 1.29 is 13.2 Å². The predicted molar refractivity (Wildman–Crippen MR) is 78.9 cm³/mol. The lowest BCUT2D eigenvalue weighted by atomic mass is 9.74. The third-order valence-corrected chi connectivity index (χ3v) is 4.63. The Bertz CT molecular complexity index is 438. The molecule has 1 saturated carbocycles. The summed E-state index contributed by atoms with van der Waals surface area (Å²) in [7, 11) is 0. The lowest BCUT2D eigenvalue weighted by Gasteiger charge is -2.34. The first-order valence-corrected chi connectivity index (χ1v) is 7.82. The maximum absolute atomic E-state index is 12.6. The first-order valence-electron chi connectivity index (χ1n) is 7.82. The molecule has 118 valence electrons. The van der Waals surface area contributed by atoms with Gasteiger partial charge in [-0.2, -0.15) is 13.2 Å². The zero-order valence-electron chi connectivity index (χ0n) is 12.5. The van der Waals surface area contributed by atoms with Crippen LogP contribution in [-0.2, 0) is 12.6 Å². The molecule has 4 heteroatoms. The van der Waals surface area contributed by atoms with Gasteiger partial charge < -0.3 is 5.73 Å². The van der Waals surface area contributed by atoms with E-state index in [9.17, 15) is 13.2 Å². The minimum Gasteiger partial charge on any atom is -0.327 e. The van der Waals surface area contributed by atoms with Crippen LogP contribution >= 0.6 is 0 Å². The molecule has 0 saturated heterocycles. The van der Waals surface area contributed by atoms with Crippen LogP contribution < -0.4 is 5.73 Å². The van der Waals surface area contributed by atoms with Crippen LogP contribution in [0.4, 0.5) is 13.2 Å². The molecule has 2 rings (SSSR count). The van der Waals surface area contributed by atoms with E-state index in [0.29, 0.717) is 5.92 Å². The van der Waals surface area contributed by atoms with Gasteiger partial charge in [0.1, 0.15) is 0 Å². The summed E-state index contributed by atoms with van der Waals surface area (Å²) < 4.78 is 37.7. The molecule has 0 amide bonds. The van der Waals surface area contributed by atoms with Gasteiger partial charge in [0.2, 0.25) is 0 Å². The van der Waals surface area contributed by atoms with E-state index < -0.39 is 11.7 Å². The van der Waals surface area contributed by atoms with Gasteiger partial charge in [0.05, 0.1) is 5.56 Å². The Morgan fingerprint density at radius 3 is 2.38 bits per heavy atom. The molecule has 1 aromatic rings. The molecule has 0 bridgehead atoms. The molecule has 1 aromatic carbocycles. The van der Waals surface area contributed by atoms with E-state index in [0.717, 1.165) is 30.7 Å². The number of rotatable bonds is 4. The van der Waals surface area contributed by atoms with Crippen LogP contribution in [-0.4, -0.2) is 6.04 Å². The van der Waals surface area contributed by atoms with Gasteiger partial charge in [-0.15, -0.1) is 0 Å². The second-order valence-electron chi connectivity index (χ2n) is 6.29. The molecule has 3 atom stereocenters. The number of halogens is 3. The van der Waals surface area contributed by atoms with Gasteiger partial charge in [-0.1, -0.05) is 31.9 Å². The fraction of sp³-hybridized carbons (Fsp3) is 0.647. The summed E-state index contributed by atoms with van der Waals surface area (Å²) in [5, 5.41) is 0. The number of nitrogens with two attached hydrogens (primary N) is 1. The molecule has 1 aliphatic carbocycles.